The van der Waals surface area contributed by atoms with E-state index in [0.29, 0.717) is 18.7 Å². The van der Waals surface area contributed by atoms with Gasteiger partial charge in [0.25, 0.3) is 10.0 Å². The lowest BCUT2D eigenvalue weighted by atomic mass is 9.98. The maximum absolute atomic E-state index is 13.6. The van der Waals surface area contributed by atoms with Gasteiger partial charge in [0.2, 0.25) is 15.9 Å². The molecule has 0 saturated carbocycles. The molecule has 0 spiro atoms. The van der Waals surface area contributed by atoms with Gasteiger partial charge in [-0.15, -0.1) is 0 Å². The molecule has 1 saturated heterocycles. The number of carboxylic acid groups (broad SMARTS) is 1. The smallest absolute Gasteiger partial charge is 0.335 e. The summed E-state index contributed by atoms with van der Waals surface area (Å²) in [6, 6.07) is 21.8. The normalized spacial score (nSPS) is 15.8. The molecule has 0 bridgehead atoms. The number of nitrogens with zero attached hydrogens (tertiary/aromatic N) is 1. The van der Waals surface area contributed by atoms with Gasteiger partial charge in [0.1, 0.15) is 6.04 Å². The Morgan fingerprint density at radius 3 is 2.23 bits per heavy atom. The number of likely N-dealkylation sites (tertiary alicyclic amines) is 1. The predicted molar refractivity (Wildman–Crippen MR) is 182 cm³/mol. The molecule has 1 aliphatic rings. The van der Waals surface area contributed by atoms with E-state index in [4.69, 9.17) is 16.2 Å². The van der Waals surface area contributed by atoms with Crippen LogP contribution in [0.15, 0.2) is 101 Å². The fourth-order valence-electron chi connectivity index (χ4n) is 5.53. The van der Waals surface area contributed by atoms with Crippen LogP contribution in [0.4, 0.5) is 5.69 Å². The summed E-state index contributed by atoms with van der Waals surface area (Å²) in [6.07, 6.45) is 1.59. The van der Waals surface area contributed by atoms with Gasteiger partial charge in [-0.05, 0) is 90.0 Å². The quantitative estimate of drug-likeness (QED) is 0.0950. The Morgan fingerprint density at radius 1 is 0.896 bits per heavy atom. The van der Waals surface area contributed by atoms with Crippen LogP contribution in [0.25, 0.3) is 10.8 Å². The molecule has 0 aromatic heterocycles. The number of benzene rings is 4. The van der Waals surface area contributed by atoms with Gasteiger partial charge in [-0.3, -0.25) is 14.9 Å². The number of nitrogens with one attached hydrogen (secondary N) is 4. The molecule has 1 amide bonds. The first-order valence-corrected chi connectivity index (χ1v) is 18.1. The van der Waals surface area contributed by atoms with Crippen molar-refractivity contribution >= 4 is 54.3 Å². The number of sulfonamides is 2. The highest BCUT2D eigenvalue weighted by Gasteiger charge is 2.28. The van der Waals surface area contributed by atoms with Crippen molar-refractivity contribution < 1.29 is 31.5 Å². The molecular weight excluding hydrogens is 657 g/mol. The number of hydrogen-bond acceptors (Lipinski definition) is 7. The molecule has 0 aliphatic carbocycles. The molecule has 1 heterocycles. The van der Waals surface area contributed by atoms with Crippen molar-refractivity contribution in [3.63, 3.8) is 0 Å². The molecule has 2 atom stereocenters. The SMILES string of the molecule is N=C(N)N1CCCC(CNC(=O)[C@@H](Cc2ccc(NS(=O)(=O)c3ccc(C(=O)O)cc3)cc2)NS(=O)(=O)c2ccc3ccccc3c2)C1. The van der Waals surface area contributed by atoms with Crippen LogP contribution in [0.3, 0.4) is 0 Å². The third kappa shape index (κ3) is 8.48. The minimum Gasteiger partial charge on any atom is -0.478 e. The third-order valence-corrected chi connectivity index (χ3v) is 11.0. The van der Waals surface area contributed by atoms with E-state index in [-0.39, 0.29) is 45.9 Å². The molecule has 15 heteroatoms. The number of carbonyl (C=O) groups is 2. The number of carboxylic acids is 1. The number of fused-ring (bicyclic) bond motifs is 1. The van der Waals surface area contributed by atoms with Gasteiger partial charge in [-0.1, -0.05) is 42.5 Å². The van der Waals surface area contributed by atoms with E-state index in [0.717, 1.165) is 23.6 Å². The average Bonchev–Trinajstić information content (AvgIpc) is 3.07. The molecule has 4 aromatic carbocycles. The van der Waals surface area contributed by atoms with E-state index in [1.807, 2.05) is 12.1 Å². The molecule has 0 radical (unpaired) electrons. The second-order valence-electron chi connectivity index (χ2n) is 11.6. The first-order chi connectivity index (χ1) is 22.8. The topological polar surface area (TPSA) is 212 Å². The zero-order valence-electron chi connectivity index (χ0n) is 25.8. The van der Waals surface area contributed by atoms with Crippen LogP contribution in [0.5, 0.6) is 0 Å². The Morgan fingerprint density at radius 2 is 1.56 bits per heavy atom. The first kappa shape index (κ1) is 34.3. The Kier molecular flexibility index (Phi) is 10.3. The lowest BCUT2D eigenvalue weighted by Gasteiger charge is -2.33. The van der Waals surface area contributed by atoms with Crippen LogP contribution >= 0.6 is 0 Å². The van der Waals surface area contributed by atoms with Crippen molar-refractivity contribution in [3.8, 4) is 0 Å². The van der Waals surface area contributed by atoms with Crippen molar-refractivity contribution in [3.05, 3.63) is 102 Å². The molecule has 1 unspecified atom stereocenters. The van der Waals surface area contributed by atoms with Crippen molar-refractivity contribution in [1.82, 2.24) is 14.9 Å². The lowest BCUT2D eigenvalue weighted by molar-refractivity contribution is -0.123. The Labute approximate surface area is 278 Å². The van der Waals surface area contributed by atoms with Crippen molar-refractivity contribution in [2.24, 2.45) is 11.7 Å². The standard InChI is InChI=1S/C33H36N6O7S2/c34-33(35)39-17-3-4-23(21-39)20-36-31(40)30(38-48(45,46)29-16-9-24-5-1-2-6-26(24)19-29)18-22-7-12-27(13-8-22)37-47(43,44)28-14-10-25(11-15-28)32(41)42/h1-2,5-16,19,23,30,37-38H,3-4,17-18,20-21H2,(H3,34,35)(H,36,40)(H,41,42)/t23?,30-/m1/s1. The Balaban J connectivity index is 1.33. The zero-order valence-corrected chi connectivity index (χ0v) is 27.4. The van der Waals surface area contributed by atoms with Crippen molar-refractivity contribution in [1.29, 1.82) is 5.41 Å². The molecule has 13 nitrogen and oxygen atoms in total. The number of carbonyl (C=O) groups excluding carboxylic acids is 1. The second kappa shape index (κ2) is 14.4. The van der Waals surface area contributed by atoms with E-state index in [2.05, 4.69) is 14.8 Å². The summed E-state index contributed by atoms with van der Waals surface area (Å²) in [6.45, 7) is 1.44. The number of guanidine groups is 1. The number of hydrogen-bond donors (Lipinski definition) is 6. The highest BCUT2D eigenvalue weighted by Crippen LogP contribution is 2.22. The lowest BCUT2D eigenvalue weighted by Crippen LogP contribution is -2.51. The van der Waals surface area contributed by atoms with Gasteiger partial charge < -0.3 is 21.1 Å². The number of amides is 1. The monoisotopic (exact) mass is 692 g/mol. The molecule has 1 fully saturated rings. The molecule has 48 heavy (non-hydrogen) atoms. The highest BCUT2D eigenvalue weighted by molar-refractivity contribution is 7.92. The molecule has 252 valence electrons. The first-order valence-electron chi connectivity index (χ1n) is 15.1. The summed E-state index contributed by atoms with van der Waals surface area (Å²) in [5, 5.41) is 21.3. The molecule has 5 rings (SSSR count). The fraction of sp³-hybridized carbons (Fsp3) is 0.242. The predicted octanol–water partition coefficient (Wildman–Crippen LogP) is 2.95. The maximum Gasteiger partial charge on any atom is 0.335 e. The van der Waals surface area contributed by atoms with Crippen LogP contribution in [-0.4, -0.2) is 70.4 Å². The van der Waals surface area contributed by atoms with Gasteiger partial charge in [0.15, 0.2) is 5.96 Å². The summed E-state index contributed by atoms with van der Waals surface area (Å²) in [5.74, 6) is -1.72. The van der Waals surface area contributed by atoms with Gasteiger partial charge in [-0.2, -0.15) is 4.72 Å². The molecule has 1 aliphatic heterocycles. The molecule has 7 N–H and O–H groups in total. The zero-order chi connectivity index (χ0) is 34.5. The summed E-state index contributed by atoms with van der Waals surface area (Å²) in [4.78, 5) is 26.3. The van der Waals surface area contributed by atoms with Crippen LogP contribution in [-0.2, 0) is 31.3 Å². The minimum absolute atomic E-state index is 0.00419. The molecule has 4 aromatic rings. The number of nitrogens with two attached hydrogens (primary N) is 1. The second-order valence-corrected chi connectivity index (χ2v) is 15.0. The van der Waals surface area contributed by atoms with Crippen LogP contribution in [0.2, 0.25) is 0 Å². The fourth-order valence-corrected chi connectivity index (χ4v) is 7.82. The van der Waals surface area contributed by atoms with Crippen molar-refractivity contribution in [2.45, 2.75) is 35.1 Å². The van der Waals surface area contributed by atoms with E-state index in [1.165, 1.54) is 42.5 Å². The maximum atomic E-state index is 13.6. The number of anilines is 1. The van der Waals surface area contributed by atoms with Gasteiger partial charge in [0, 0.05) is 25.3 Å². The summed E-state index contributed by atoms with van der Waals surface area (Å²) in [7, 11) is -8.17. The Bertz CT molecular complexity index is 2040. The van der Waals surface area contributed by atoms with Gasteiger partial charge in [0.05, 0.1) is 15.4 Å². The summed E-state index contributed by atoms with van der Waals surface area (Å²) < 4.78 is 57.8. The van der Waals surface area contributed by atoms with E-state index >= 15 is 0 Å². The molecular formula is C33H36N6O7S2. The summed E-state index contributed by atoms with van der Waals surface area (Å²) in [5.41, 5.74) is 6.38. The van der Waals surface area contributed by atoms with Gasteiger partial charge in [-0.25, -0.2) is 21.6 Å². The van der Waals surface area contributed by atoms with E-state index in [9.17, 15) is 26.4 Å². The van der Waals surface area contributed by atoms with Crippen molar-refractivity contribution in [2.75, 3.05) is 24.4 Å². The van der Waals surface area contributed by atoms with Gasteiger partial charge >= 0.3 is 5.97 Å². The van der Waals surface area contributed by atoms with E-state index in [1.54, 1.807) is 41.3 Å². The van der Waals surface area contributed by atoms with Crippen LogP contribution in [0, 0.1) is 11.3 Å². The largest absolute Gasteiger partial charge is 0.478 e. The summed E-state index contributed by atoms with van der Waals surface area (Å²) >= 11 is 0. The van der Waals surface area contributed by atoms with Crippen LogP contribution in [0.1, 0.15) is 28.8 Å². The highest BCUT2D eigenvalue weighted by atomic mass is 32.2. The Hall–Kier alpha value is -4.99. The number of piperidine rings is 1. The van der Waals surface area contributed by atoms with Crippen LogP contribution < -0.4 is 20.5 Å². The average molecular weight is 693 g/mol. The number of rotatable bonds is 12. The third-order valence-electron chi connectivity index (χ3n) is 8.13. The minimum atomic E-state index is -4.14. The number of aromatic carboxylic acids is 1. The van der Waals surface area contributed by atoms with E-state index < -0.39 is 38.0 Å².